The zero-order chi connectivity index (χ0) is 22.5. The molecule has 0 fully saturated rings. The summed E-state index contributed by atoms with van der Waals surface area (Å²) in [7, 11) is 1.89. The van der Waals surface area contributed by atoms with E-state index in [4.69, 9.17) is 0 Å². The minimum absolute atomic E-state index is 0. The Balaban J connectivity index is 0.00000204. The Hall–Kier alpha value is -3.94. The number of aryl methyl sites for hydroxylation is 2. The summed E-state index contributed by atoms with van der Waals surface area (Å²) < 4.78 is 3.25. The molecule has 32 heavy (non-hydrogen) atoms. The topological polar surface area (TPSA) is 93.8 Å². The predicted molar refractivity (Wildman–Crippen MR) is 129 cm³/mol. The highest BCUT2D eigenvalue weighted by atomic mass is 16.2. The maximum atomic E-state index is 12.8. The number of nitrogens with one attached hydrogen (secondary N) is 2. The monoisotopic (exact) mass is 434 g/mol. The van der Waals surface area contributed by atoms with Crippen molar-refractivity contribution in [1.29, 1.82) is 0 Å². The van der Waals surface area contributed by atoms with Crippen molar-refractivity contribution in [2.45, 2.75) is 26.4 Å². The van der Waals surface area contributed by atoms with Crippen LogP contribution in [0.4, 0.5) is 5.82 Å². The second kappa shape index (κ2) is 9.47. The number of benzene rings is 2. The van der Waals surface area contributed by atoms with Crippen molar-refractivity contribution in [3.05, 3.63) is 88.1 Å². The molecular formula is C24H30N6O2. The summed E-state index contributed by atoms with van der Waals surface area (Å²) in [6, 6.07) is 16.0. The lowest BCUT2D eigenvalue weighted by Crippen LogP contribution is -2.34. The average molecular weight is 435 g/mol. The molecule has 2 heterocycles. The highest BCUT2D eigenvalue weighted by Gasteiger charge is 2.12. The lowest BCUT2D eigenvalue weighted by Gasteiger charge is -2.13. The predicted octanol–water partition coefficient (Wildman–Crippen LogP) is 2.90. The Bertz CT molecular complexity index is 1300. The summed E-state index contributed by atoms with van der Waals surface area (Å²) in [5.41, 5.74) is 3.52. The molecule has 1 amide bonds. The Morgan fingerprint density at radius 2 is 1.91 bits per heavy atom. The molecular weight excluding hydrogens is 404 g/mol. The molecule has 0 radical (unpaired) electrons. The molecule has 0 saturated heterocycles. The van der Waals surface area contributed by atoms with Gasteiger partial charge < -0.3 is 10.6 Å². The van der Waals surface area contributed by atoms with Crippen molar-refractivity contribution in [2.75, 3.05) is 11.9 Å². The van der Waals surface area contributed by atoms with E-state index in [1.165, 1.54) is 10.1 Å². The van der Waals surface area contributed by atoms with Crippen LogP contribution in [-0.2, 0) is 31.4 Å². The fourth-order valence-corrected chi connectivity index (χ4v) is 3.58. The number of hydrogen-bond donors (Lipinski definition) is 2. The molecule has 0 bridgehead atoms. The van der Waals surface area contributed by atoms with Gasteiger partial charge in [0.25, 0.3) is 5.56 Å². The summed E-state index contributed by atoms with van der Waals surface area (Å²) in [4.78, 5) is 29.6. The minimum Gasteiger partial charge on any atom is -0.365 e. The summed E-state index contributed by atoms with van der Waals surface area (Å²) in [6.07, 6.45) is 4.18. The van der Waals surface area contributed by atoms with E-state index in [1.807, 2.05) is 60.3 Å². The van der Waals surface area contributed by atoms with Gasteiger partial charge in [-0.2, -0.15) is 5.10 Å². The van der Waals surface area contributed by atoms with Crippen LogP contribution in [0.5, 0.6) is 0 Å². The molecule has 2 aromatic carbocycles. The molecule has 0 saturated carbocycles. The van der Waals surface area contributed by atoms with Crippen molar-refractivity contribution in [3.8, 4) is 0 Å². The lowest BCUT2D eigenvalue weighted by atomic mass is 10.1. The number of amides is 1. The maximum Gasteiger partial charge on any atom is 0.293 e. The molecule has 0 aliphatic rings. The Kier molecular flexibility index (Phi) is 6.30. The first-order valence-corrected chi connectivity index (χ1v) is 10.5. The molecule has 168 valence electrons. The third-order valence-electron chi connectivity index (χ3n) is 5.40. The van der Waals surface area contributed by atoms with E-state index in [0.29, 0.717) is 18.8 Å². The van der Waals surface area contributed by atoms with Crippen LogP contribution in [-0.4, -0.2) is 31.8 Å². The van der Waals surface area contributed by atoms with Gasteiger partial charge in [0, 0.05) is 40.3 Å². The fourth-order valence-electron chi connectivity index (χ4n) is 3.58. The normalized spacial score (nSPS) is 10.9. The SMILES string of the molecule is Cc1cnc(NCCc2ccccc2)c(=O)n1CC(=O)NCc1ccc2c(cnn2C)c1.[HH].[HH]. The molecule has 2 aromatic heterocycles. The number of rotatable bonds is 8. The van der Waals surface area contributed by atoms with Gasteiger partial charge >= 0.3 is 0 Å². The van der Waals surface area contributed by atoms with Crippen molar-refractivity contribution in [1.82, 2.24) is 24.6 Å². The van der Waals surface area contributed by atoms with Crippen molar-refractivity contribution < 1.29 is 7.65 Å². The van der Waals surface area contributed by atoms with E-state index in [-0.39, 0.29) is 26.7 Å². The number of fused-ring (bicyclic) bond motifs is 1. The highest BCUT2D eigenvalue weighted by Crippen LogP contribution is 2.14. The molecule has 2 N–H and O–H groups in total. The zero-order valence-corrected chi connectivity index (χ0v) is 18.2. The number of carbonyl (C=O) groups is 1. The standard InChI is InChI=1S/C24H26N6O2.2H2/c1-17-13-27-23(25-11-10-18-6-4-3-5-7-18)24(32)30(17)16-22(31)26-14-19-8-9-21-20(12-19)15-28-29(21)2;;/h3-9,12-13,15H,10-11,14,16H2,1-2H3,(H,25,27)(H,26,31);2*1H. The van der Waals surface area contributed by atoms with E-state index in [0.717, 1.165) is 22.9 Å². The first-order chi connectivity index (χ1) is 15.5. The van der Waals surface area contributed by atoms with Crippen LogP contribution >= 0.6 is 0 Å². The molecule has 4 rings (SSSR count). The maximum absolute atomic E-state index is 12.8. The fraction of sp³-hybridized carbons (Fsp3) is 0.250. The number of anilines is 1. The lowest BCUT2D eigenvalue weighted by molar-refractivity contribution is -0.121. The third kappa shape index (κ3) is 4.85. The third-order valence-corrected chi connectivity index (χ3v) is 5.40. The first kappa shape index (κ1) is 21.3. The highest BCUT2D eigenvalue weighted by molar-refractivity contribution is 5.80. The second-order valence-electron chi connectivity index (χ2n) is 7.74. The molecule has 8 heteroatoms. The van der Waals surface area contributed by atoms with Crippen LogP contribution < -0.4 is 16.2 Å². The Morgan fingerprint density at radius 3 is 2.72 bits per heavy atom. The van der Waals surface area contributed by atoms with Gasteiger partial charge in [-0.05, 0) is 36.6 Å². The van der Waals surface area contributed by atoms with Gasteiger partial charge in [0.2, 0.25) is 5.91 Å². The van der Waals surface area contributed by atoms with Gasteiger partial charge in [-0.1, -0.05) is 36.4 Å². The quantitative estimate of drug-likeness (QED) is 0.445. The summed E-state index contributed by atoms with van der Waals surface area (Å²) in [6.45, 7) is 2.67. The van der Waals surface area contributed by atoms with Crippen molar-refractivity contribution in [2.24, 2.45) is 7.05 Å². The van der Waals surface area contributed by atoms with Crippen molar-refractivity contribution >= 4 is 22.6 Å². The van der Waals surface area contributed by atoms with Gasteiger partial charge in [-0.15, -0.1) is 0 Å². The molecule has 0 spiro atoms. The zero-order valence-electron chi connectivity index (χ0n) is 18.2. The number of aromatic nitrogens is 4. The Morgan fingerprint density at radius 1 is 1.09 bits per heavy atom. The molecule has 8 nitrogen and oxygen atoms in total. The number of hydrogen-bond acceptors (Lipinski definition) is 5. The van der Waals surface area contributed by atoms with Gasteiger partial charge in [0.15, 0.2) is 5.82 Å². The van der Waals surface area contributed by atoms with Gasteiger partial charge in [-0.3, -0.25) is 18.8 Å². The van der Waals surface area contributed by atoms with Crippen LogP contribution in [0.3, 0.4) is 0 Å². The molecule has 0 aliphatic heterocycles. The van der Waals surface area contributed by atoms with Crippen LogP contribution in [0.1, 0.15) is 19.7 Å². The van der Waals surface area contributed by atoms with Gasteiger partial charge in [-0.25, -0.2) is 4.98 Å². The average Bonchev–Trinajstić information content (AvgIpc) is 3.17. The van der Waals surface area contributed by atoms with E-state index in [9.17, 15) is 9.59 Å². The largest absolute Gasteiger partial charge is 0.365 e. The minimum atomic E-state index is -0.301. The van der Waals surface area contributed by atoms with Gasteiger partial charge in [0.05, 0.1) is 11.7 Å². The summed E-state index contributed by atoms with van der Waals surface area (Å²) in [5.74, 6) is 0.0179. The van der Waals surface area contributed by atoms with Crippen LogP contribution in [0.2, 0.25) is 0 Å². The van der Waals surface area contributed by atoms with Crippen LogP contribution in [0.15, 0.2) is 65.7 Å². The summed E-state index contributed by atoms with van der Waals surface area (Å²) >= 11 is 0. The molecule has 0 atom stereocenters. The number of nitrogens with zero attached hydrogens (tertiary/aromatic N) is 4. The van der Waals surface area contributed by atoms with E-state index in [2.05, 4.69) is 20.7 Å². The number of carbonyl (C=O) groups excluding carboxylic acids is 1. The molecule has 4 aromatic rings. The van der Waals surface area contributed by atoms with E-state index >= 15 is 0 Å². The van der Waals surface area contributed by atoms with Crippen LogP contribution in [0, 0.1) is 6.92 Å². The molecule has 0 unspecified atom stereocenters. The van der Waals surface area contributed by atoms with E-state index in [1.54, 1.807) is 19.3 Å². The summed E-state index contributed by atoms with van der Waals surface area (Å²) in [5, 5.41) is 11.2. The van der Waals surface area contributed by atoms with E-state index < -0.39 is 0 Å². The second-order valence-corrected chi connectivity index (χ2v) is 7.74. The van der Waals surface area contributed by atoms with Crippen molar-refractivity contribution in [3.63, 3.8) is 0 Å². The van der Waals surface area contributed by atoms with Crippen LogP contribution in [0.25, 0.3) is 10.9 Å². The first-order valence-electron chi connectivity index (χ1n) is 10.5. The Labute approximate surface area is 188 Å². The van der Waals surface area contributed by atoms with Gasteiger partial charge in [0.1, 0.15) is 6.54 Å². The molecule has 0 aliphatic carbocycles. The smallest absolute Gasteiger partial charge is 0.293 e.